The number of thioether (sulfide) groups is 1. The number of halogens is 3. The number of hydrogen-bond donors (Lipinski definition) is 0. The summed E-state index contributed by atoms with van der Waals surface area (Å²) in [6, 6.07) is 4.30. The Labute approximate surface area is 101 Å². The van der Waals surface area contributed by atoms with Crippen LogP contribution in [0.15, 0.2) is 23.1 Å². The van der Waals surface area contributed by atoms with Crippen LogP contribution in [0, 0.1) is 0 Å². The van der Waals surface area contributed by atoms with E-state index < -0.39 is 6.36 Å². The van der Waals surface area contributed by atoms with Gasteiger partial charge < -0.3 is 4.74 Å². The third-order valence-corrected chi connectivity index (χ3v) is 2.80. The van der Waals surface area contributed by atoms with Crippen LogP contribution in [0.1, 0.15) is 12.5 Å². The Morgan fingerprint density at radius 1 is 1.41 bits per heavy atom. The van der Waals surface area contributed by atoms with Crippen molar-refractivity contribution in [3.63, 3.8) is 0 Å². The minimum absolute atomic E-state index is 0.102. The molecule has 0 spiro atoms. The Hall–Kier alpha value is -1.17. The molecule has 1 aromatic carbocycles. The third-order valence-electron chi connectivity index (χ3n) is 1.93. The summed E-state index contributed by atoms with van der Waals surface area (Å²) in [5, 5.41) is 0. The van der Waals surface area contributed by atoms with Crippen LogP contribution < -0.4 is 4.74 Å². The molecule has 0 aliphatic heterocycles. The highest BCUT2D eigenvalue weighted by Crippen LogP contribution is 2.35. The number of ether oxygens (including phenoxy) is 1. The van der Waals surface area contributed by atoms with Crippen LogP contribution in [0.3, 0.4) is 0 Å². The molecular formula is C11H11F3O2S. The van der Waals surface area contributed by atoms with Gasteiger partial charge in [0.1, 0.15) is 11.5 Å². The number of Topliss-reactive ketones (excluding diaryl/α,β-unsaturated/α-hetero) is 1. The maximum atomic E-state index is 12.2. The molecule has 0 atom stereocenters. The van der Waals surface area contributed by atoms with Crippen molar-refractivity contribution in [2.45, 2.75) is 24.6 Å². The first-order valence-corrected chi connectivity index (χ1v) is 5.97. The summed E-state index contributed by atoms with van der Waals surface area (Å²) in [5.74, 6) is -0.367. The molecular weight excluding hydrogens is 253 g/mol. The Bertz CT molecular complexity index is 416. The number of benzene rings is 1. The van der Waals surface area contributed by atoms with E-state index in [2.05, 4.69) is 4.74 Å². The van der Waals surface area contributed by atoms with Gasteiger partial charge in [-0.3, -0.25) is 4.79 Å². The summed E-state index contributed by atoms with van der Waals surface area (Å²) in [4.78, 5) is 11.4. The zero-order chi connectivity index (χ0) is 13.1. The van der Waals surface area contributed by atoms with Crippen molar-refractivity contribution in [3.05, 3.63) is 23.8 Å². The predicted molar refractivity (Wildman–Crippen MR) is 59.3 cm³/mol. The molecule has 0 amide bonds. The minimum atomic E-state index is -4.72. The smallest absolute Gasteiger partial charge is 0.405 e. The van der Waals surface area contributed by atoms with E-state index in [4.69, 9.17) is 0 Å². The van der Waals surface area contributed by atoms with Crippen molar-refractivity contribution in [3.8, 4) is 5.75 Å². The van der Waals surface area contributed by atoms with Gasteiger partial charge in [0, 0.05) is 6.42 Å². The molecule has 0 N–H and O–H groups in total. The summed E-state index contributed by atoms with van der Waals surface area (Å²) in [6.07, 6.45) is -2.98. The van der Waals surface area contributed by atoms with Gasteiger partial charge in [-0.05, 0) is 24.8 Å². The van der Waals surface area contributed by atoms with Crippen molar-refractivity contribution in [1.29, 1.82) is 0 Å². The van der Waals surface area contributed by atoms with Gasteiger partial charge in [-0.2, -0.15) is 0 Å². The van der Waals surface area contributed by atoms with E-state index in [-0.39, 0.29) is 18.0 Å². The molecule has 0 unspecified atom stereocenters. The SMILES string of the molecule is CSc1c(CC(C)=O)cccc1OC(F)(F)F. The predicted octanol–water partition coefficient (Wildman–Crippen LogP) is 3.44. The Morgan fingerprint density at radius 3 is 2.53 bits per heavy atom. The molecule has 0 heterocycles. The molecule has 1 rings (SSSR count). The lowest BCUT2D eigenvalue weighted by molar-refractivity contribution is -0.275. The summed E-state index contributed by atoms with van der Waals surface area (Å²) < 4.78 is 40.4. The van der Waals surface area contributed by atoms with Gasteiger partial charge in [0.15, 0.2) is 0 Å². The molecule has 0 aliphatic rings. The largest absolute Gasteiger partial charge is 0.573 e. The van der Waals surface area contributed by atoms with E-state index in [0.717, 1.165) is 11.8 Å². The molecule has 1 aromatic rings. The Kier molecular flexibility index (Phi) is 4.45. The molecule has 6 heteroatoms. The average Bonchev–Trinajstić information content (AvgIpc) is 2.14. The van der Waals surface area contributed by atoms with E-state index in [1.54, 1.807) is 12.3 Å². The van der Waals surface area contributed by atoms with Crippen LogP contribution >= 0.6 is 11.8 Å². The highest BCUT2D eigenvalue weighted by atomic mass is 32.2. The van der Waals surface area contributed by atoms with Crippen molar-refractivity contribution < 1.29 is 22.7 Å². The maximum absolute atomic E-state index is 12.2. The van der Waals surface area contributed by atoms with E-state index >= 15 is 0 Å². The highest BCUT2D eigenvalue weighted by Gasteiger charge is 2.32. The van der Waals surface area contributed by atoms with E-state index in [0.29, 0.717) is 10.5 Å². The standard InChI is InChI=1S/C11H11F3O2S/c1-7(15)6-8-4-3-5-9(10(8)17-2)16-11(12,13)14/h3-5H,6H2,1-2H3. The summed E-state index contributed by atoms with van der Waals surface area (Å²) in [5.41, 5.74) is 0.548. The lowest BCUT2D eigenvalue weighted by Gasteiger charge is -2.14. The summed E-state index contributed by atoms with van der Waals surface area (Å²) in [6.45, 7) is 1.39. The van der Waals surface area contributed by atoms with Gasteiger partial charge in [-0.25, -0.2) is 0 Å². The highest BCUT2D eigenvalue weighted by molar-refractivity contribution is 7.98. The topological polar surface area (TPSA) is 26.3 Å². The van der Waals surface area contributed by atoms with E-state index in [1.165, 1.54) is 19.1 Å². The second-order valence-electron chi connectivity index (χ2n) is 3.38. The quantitative estimate of drug-likeness (QED) is 0.779. The second kappa shape index (κ2) is 5.44. The first-order valence-electron chi connectivity index (χ1n) is 4.74. The molecule has 0 saturated carbocycles. The lowest BCUT2D eigenvalue weighted by atomic mass is 10.1. The van der Waals surface area contributed by atoms with E-state index in [9.17, 15) is 18.0 Å². The first-order chi connectivity index (χ1) is 7.83. The molecule has 2 nitrogen and oxygen atoms in total. The zero-order valence-corrected chi connectivity index (χ0v) is 10.1. The van der Waals surface area contributed by atoms with Gasteiger partial charge >= 0.3 is 6.36 Å². The fraction of sp³-hybridized carbons (Fsp3) is 0.364. The molecule has 0 bridgehead atoms. The van der Waals surface area contributed by atoms with Crippen LogP contribution in [-0.4, -0.2) is 18.4 Å². The normalized spacial score (nSPS) is 11.4. The van der Waals surface area contributed by atoms with Crippen molar-refractivity contribution >= 4 is 17.5 Å². The number of hydrogen-bond acceptors (Lipinski definition) is 3. The Balaban J connectivity index is 3.09. The van der Waals surface area contributed by atoms with Crippen molar-refractivity contribution in [1.82, 2.24) is 0 Å². The summed E-state index contributed by atoms with van der Waals surface area (Å²) >= 11 is 1.13. The van der Waals surface area contributed by atoms with Crippen molar-refractivity contribution in [2.75, 3.05) is 6.26 Å². The van der Waals surface area contributed by atoms with Crippen LogP contribution in [-0.2, 0) is 11.2 Å². The second-order valence-corrected chi connectivity index (χ2v) is 4.19. The zero-order valence-electron chi connectivity index (χ0n) is 9.30. The molecule has 0 radical (unpaired) electrons. The molecule has 0 aliphatic carbocycles. The lowest BCUT2D eigenvalue weighted by Crippen LogP contribution is -2.18. The fourth-order valence-electron chi connectivity index (χ4n) is 1.41. The minimum Gasteiger partial charge on any atom is -0.405 e. The molecule has 0 saturated heterocycles. The third kappa shape index (κ3) is 4.30. The number of carbonyl (C=O) groups excluding carboxylic acids is 1. The van der Waals surface area contributed by atoms with Gasteiger partial charge in [0.05, 0.1) is 4.90 Å². The van der Waals surface area contributed by atoms with Crippen LogP contribution in [0.5, 0.6) is 5.75 Å². The average molecular weight is 264 g/mol. The summed E-state index contributed by atoms with van der Waals surface area (Å²) in [7, 11) is 0. The van der Waals surface area contributed by atoms with E-state index in [1.807, 2.05) is 0 Å². The number of ketones is 1. The van der Waals surface area contributed by atoms with Crippen LogP contribution in [0.25, 0.3) is 0 Å². The molecule has 17 heavy (non-hydrogen) atoms. The van der Waals surface area contributed by atoms with Crippen LogP contribution in [0.2, 0.25) is 0 Å². The van der Waals surface area contributed by atoms with Crippen LogP contribution in [0.4, 0.5) is 13.2 Å². The van der Waals surface area contributed by atoms with Gasteiger partial charge in [0.25, 0.3) is 0 Å². The number of rotatable bonds is 4. The number of alkyl halides is 3. The van der Waals surface area contributed by atoms with Gasteiger partial charge in [-0.1, -0.05) is 12.1 Å². The van der Waals surface area contributed by atoms with Gasteiger partial charge in [-0.15, -0.1) is 24.9 Å². The molecule has 0 fully saturated rings. The Morgan fingerprint density at radius 2 is 2.06 bits per heavy atom. The monoisotopic (exact) mass is 264 g/mol. The van der Waals surface area contributed by atoms with Gasteiger partial charge in [0.2, 0.25) is 0 Å². The maximum Gasteiger partial charge on any atom is 0.573 e. The molecule has 0 aromatic heterocycles. The van der Waals surface area contributed by atoms with Crippen molar-refractivity contribution in [2.24, 2.45) is 0 Å². The first kappa shape index (κ1) is 13.9. The number of carbonyl (C=O) groups is 1. The molecule has 94 valence electrons. The fourth-order valence-corrected chi connectivity index (χ4v) is 2.12.